The predicted octanol–water partition coefficient (Wildman–Crippen LogP) is 2.04. The van der Waals surface area contributed by atoms with E-state index in [1.807, 2.05) is 0 Å². The third-order valence-electron chi connectivity index (χ3n) is 6.36. The fraction of sp³-hybridized carbons (Fsp3) is 0.435. The van der Waals surface area contributed by atoms with Gasteiger partial charge in [0.15, 0.2) is 11.5 Å². The van der Waals surface area contributed by atoms with Crippen molar-refractivity contribution in [2.75, 3.05) is 57.4 Å². The molecule has 0 bridgehead atoms. The van der Waals surface area contributed by atoms with E-state index < -0.39 is 29.4 Å². The number of carbonyl (C=O) groups excluding carboxylic acids is 2. The van der Waals surface area contributed by atoms with Crippen molar-refractivity contribution >= 4 is 24.1 Å². The number of benzene rings is 1. The van der Waals surface area contributed by atoms with Gasteiger partial charge in [0.25, 0.3) is 5.91 Å². The van der Waals surface area contributed by atoms with Crippen LogP contribution in [0.2, 0.25) is 0 Å². The smallest absolute Gasteiger partial charge is 0.341 e. The molecular weight excluding hydrogens is 479 g/mol. The van der Waals surface area contributed by atoms with E-state index in [9.17, 15) is 22.8 Å². The standard InChI is InChI=1S/C23H24F3N7O3/c24-16-11-15(12-17(25)13-16)19-1-2-28-33(19)23(35)32-5-3-31(4-6-32)22-27-14-18(26)20(29-22)21(34)30-7-9-36-10-8-30/h2,11-14,19H,1,3-10H2. The van der Waals surface area contributed by atoms with Crippen LogP contribution in [0.4, 0.5) is 23.9 Å². The zero-order chi connectivity index (χ0) is 25.2. The lowest BCUT2D eigenvalue weighted by Gasteiger charge is -2.37. The molecule has 2 aromatic rings. The van der Waals surface area contributed by atoms with Gasteiger partial charge in [-0.05, 0) is 17.7 Å². The molecule has 10 nitrogen and oxygen atoms in total. The van der Waals surface area contributed by atoms with Crippen molar-refractivity contribution in [1.82, 2.24) is 24.8 Å². The minimum Gasteiger partial charge on any atom is -0.378 e. The molecule has 0 aliphatic carbocycles. The number of halogens is 3. The fourth-order valence-corrected chi connectivity index (χ4v) is 4.46. The Labute approximate surface area is 204 Å². The van der Waals surface area contributed by atoms with Gasteiger partial charge in [0.05, 0.1) is 25.5 Å². The van der Waals surface area contributed by atoms with Crippen LogP contribution in [0.3, 0.4) is 0 Å². The second-order valence-corrected chi connectivity index (χ2v) is 8.62. The second-order valence-electron chi connectivity index (χ2n) is 8.62. The van der Waals surface area contributed by atoms with Gasteiger partial charge in [0.2, 0.25) is 5.95 Å². The van der Waals surface area contributed by atoms with Crippen molar-refractivity contribution in [2.24, 2.45) is 5.10 Å². The SMILES string of the molecule is O=C(c1nc(N2CCN(C(=O)N3N=CCC3c3cc(F)cc(F)c3)CC2)ncc1F)N1CCOCC1. The number of amides is 3. The van der Waals surface area contributed by atoms with Crippen LogP contribution in [0.5, 0.6) is 0 Å². The Balaban J connectivity index is 1.24. The van der Waals surface area contributed by atoms with Gasteiger partial charge in [-0.1, -0.05) is 0 Å². The molecule has 4 heterocycles. The van der Waals surface area contributed by atoms with Crippen LogP contribution < -0.4 is 4.90 Å². The molecule has 1 aromatic heterocycles. The van der Waals surface area contributed by atoms with Crippen LogP contribution >= 0.6 is 0 Å². The molecule has 1 atom stereocenters. The molecule has 3 aliphatic rings. The zero-order valence-corrected chi connectivity index (χ0v) is 19.3. The van der Waals surface area contributed by atoms with Crippen molar-refractivity contribution in [1.29, 1.82) is 0 Å². The van der Waals surface area contributed by atoms with Crippen LogP contribution in [0.25, 0.3) is 0 Å². The first-order valence-corrected chi connectivity index (χ1v) is 11.6. The van der Waals surface area contributed by atoms with Crippen molar-refractivity contribution < 1.29 is 27.5 Å². The van der Waals surface area contributed by atoms with Crippen LogP contribution in [0.1, 0.15) is 28.5 Å². The summed E-state index contributed by atoms with van der Waals surface area (Å²) in [7, 11) is 0. The number of aromatic nitrogens is 2. The van der Waals surface area contributed by atoms with Gasteiger partial charge in [-0.2, -0.15) is 5.10 Å². The number of morpholine rings is 1. The largest absolute Gasteiger partial charge is 0.378 e. The summed E-state index contributed by atoms with van der Waals surface area (Å²) in [6, 6.07) is 2.18. The summed E-state index contributed by atoms with van der Waals surface area (Å²) in [5.41, 5.74) is 0.0335. The number of nitrogens with zero attached hydrogens (tertiary/aromatic N) is 7. The third-order valence-corrected chi connectivity index (χ3v) is 6.36. The van der Waals surface area contributed by atoms with E-state index in [1.54, 1.807) is 16.0 Å². The summed E-state index contributed by atoms with van der Waals surface area (Å²) >= 11 is 0. The third kappa shape index (κ3) is 4.83. The molecule has 1 aromatic carbocycles. The normalized spacial score (nSPS) is 20.2. The van der Waals surface area contributed by atoms with E-state index in [-0.39, 0.29) is 17.7 Å². The van der Waals surface area contributed by atoms with E-state index in [2.05, 4.69) is 15.1 Å². The number of urea groups is 1. The summed E-state index contributed by atoms with van der Waals surface area (Å²) < 4.78 is 47.0. The number of piperazine rings is 1. The Morgan fingerprint density at radius 3 is 2.31 bits per heavy atom. The van der Waals surface area contributed by atoms with Crippen LogP contribution in [-0.2, 0) is 4.74 Å². The monoisotopic (exact) mass is 503 g/mol. The number of hydrogen-bond acceptors (Lipinski definition) is 7. The van der Waals surface area contributed by atoms with E-state index in [0.717, 1.165) is 12.3 Å². The molecule has 3 aliphatic heterocycles. The Morgan fingerprint density at radius 1 is 0.917 bits per heavy atom. The number of hydrogen-bond donors (Lipinski definition) is 0. The molecule has 0 radical (unpaired) electrons. The molecule has 2 saturated heterocycles. The topological polar surface area (TPSA) is 94.5 Å². The first-order chi connectivity index (χ1) is 17.4. The van der Waals surface area contributed by atoms with Gasteiger partial charge in [0, 0.05) is 58.0 Å². The molecule has 36 heavy (non-hydrogen) atoms. The summed E-state index contributed by atoms with van der Waals surface area (Å²) in [4.78, 5) is 39.0. The van der Waals surface area contributed by atoms with E-state index >= 15 is 0 Å². The van der Waals surface area contributed by atoms with Crippen molar-refractivity contribution in [2.45, 2.75) is 12.5 Å². The van der Waals surface area contributed by atoms with Gasteiger partial charge in [-0.15, -0.1) is 0 Å². The van der Waals surface area contributed by atoms with Gasteiger partial charge >= 0.3 is 6.03 Å². The highest BCUT2D eigenvalue weighted by molar-refractivity contribution is 5.92. The highest BCUT2D eigenvalue weighted by Gasteiger charge is 2.34. The Bertz CT molecular complexity index is 1160. The number of rotatable bonds is 3. The Kier molecular flexibility index (Phi) is 6.72. The molecule has 0 N–H and O–H groups in total. The number of hydrazone groups is 1. The Morgan fingerprint density at radius 2 is 1.61 bits per heavy atom. The maximum atomic E-state index is 14.4. The minimum atomic E-state index is -0.796. The molecule has 1 unspecified atom stereocenters. The first-order valence-electron chi connectivity index (χ1n) is 11.6. The van der Waals surface area contributed by atoms with Crippen molar-refractivity contribution in [3.05, 3.63) is 53.1 Å². The minimum absolute atomic E-state index is 0.201. The van der Waals surface area contributed by atoms with E-state index in [0.29, 0.717) is 64.5 Å². The molecule has 2 fully saturated rings. The Hall–Kier alpha value is -3.74. The highest BCUT2D eigenvalue weighted by atomic mass is 19.1. The highest BCUT2D eigenvalue weighted by Crippen LogP contribution is 2.30. The predicted molar refractivity (Wildman–Crippen MR) is 122 cm³/mol. The van der Waals surface area contributed by atoms with Gasteiger partial charge in [0.1, 0.15) is 11.6 Å². The first kappa shape index (κ1) is 24.0. The lowest BCUT2D eigenvalue weighted by atomic mass is 10.0. The van der Waals surface area contributed by atoms with Gasteiger partial charge in [-0.25, -0.2) is 32.9 Å². The van der Waals surface area contributed by atoms with E-state index in [4.69, 9.17) is 4.74 Å². The molecule has 0 saturated carbocycles. The van der Waals surface area contributed by atoms with E-state index in [1.165, 1.54) is 22.0 Å². The summed E-state index contributed by atoms with van der Waals surface area (Å²) in [5.74, 6) is -2.55. The summed E-state index contributed by atoms with van der Waals surface area (Å²) in [6.45, 7) is 2.78. The average Bonchev–Trinajstić information content (AvgIpc) is 3.38. The molecule has 190 valence electrons. The van der Waals surface area contributed by atoms with Gasteiger partial charge in [-0.3, -0.25) is 4.79 Å². The lowest BCUT2D eigenvalue weighted by molar-refractivity contribution is 0.0295. The number of anilines is 1. The van der Waals surface area contributed by atoms with Gasteiger partial charge < -0.3 is 19.4 Å². The summed E-state index contributed by atoms with van der Waals surface area (Å²) in [6.07, 6.45) is 2.87. The van der Waals surface area contributed by atoms with Crippen LogP contribution in [0, 0.1) is 17.5 Å². The zero-order valence-electron chi connectivity index (χ0n) is 19.3. The number of ether oxygens (including phenoxy) is 1. The summed E-state index contributed by atoms with van der Waals surface area (Å²) in [5, 5.41) is 5.36. The lowest BCUT2D eigenvalue weighted by Crippen LogP contribution is -2.52. The molecule has 13 heteroatoms. The molecular formula is C23H24F3N7O3. The maximum absolute atomic E-state index is 14.4. The van der Waals surface area contributed by atoms with Crippen molar-refractivity contribution in [3.63, 3.8) is 0 Å². The molecule has 0 spiro atoms. The fourth-order valence-electron chi connectivity index (χ4n) is 4.46. The average molecular weight is 503 g/mol. The second kappa shape index (κ2) is 10.1. The van der Waals surface area contributed by atoms with Crippen LogP contribution in [-0.4, -0.2) is 95.4 Å². The van der Waals surface area contributed by atoms with Crippen LogP contribution in [0.15, 0.2) is 29.5 Å². The quantitative estimate of drug-likeness (QED) is 0.637. The molecule has 3 amide bonds. The molecule has 5 rings (SSSR count). The number of carbonyl (C=O) groups is 2. The maximum Gasteiger partial charge on any atom is 0.341 e. The van der Waals surface area contributed by atoms with Crippen molar-refractivity contribution in [3.8, 4) is 0 Å².